The molecule has 1 heterocycles. The SMILES string of the molecule is C=CCO[C@@]12Oc3ccc(Oc4ccc(OC)c(C=O)c4)cc3[C@H]3[C@H](CCCCO)[C@@H](CCCCO)C=C(C(=NOCc4ccccc4)C[C@@H]1N(C)C(=O)OCC)[C@H]32. The van der Waals surface area contributed by atoms with Crippen LogP contribution >= 0.6 is 0 Å². The lowest BCUT2D eigenvalue weighted by atomic mass is 9.55. The highest BCUT2D eigenvalue weighted by atomic mass is 16.7. The van der Waals surface area contributed by atoms with E-state index < -0.39 is 23.8 Å². The first-order valence-electron chi connectivity index (χ1n) is 20.3. The van der Waals surface area contributed by atoms with Crippen molar-refractivity contribution in [3.8, 4) is 23.0 Å². The van der Waals surface area contributed by atoms with E-state index in [1.807, 2.05) is 48.5 Å². The van der Waals surface area contributed by atoms with E-state index in [9.17, 15) is 19.8 Å². The molecular formula is C46H56N2O10. The van der Waals surface area contributed by atoms with Crippen LogP contribution in [0.3, 0.4) is 0 Å². The molecule has 3 aromatic rings. The molecule has 12 nitrogen and oxygen atoms in total. The summed E-state index contributed by atoms with van der Waals surface area (Å²) in [6.07, 6.45) is 8.94. The lowest BCUT2D eigenvalue weighted by molar-refractivity contribution is -0.253. The van der Waals surface area contributed by atoms with E-state index in [4.69, 9.17) is 33.7 Å². The number of likely N-dealkylation sites (N-methyl/N-ethyl adjacent to an activating group) is 1. The molecule has 2 aliphatic carbocycles. The summed E-state index contributed by atoms with van der Waals surface area (Å²) in [6.45, 7) is 6.50. The summed E-state index contributed by atoms with van der Waals surface area (Å²) in [6, 6.07) is 19.9. The van der Waals surface area contributed by atoms with Crippen molar-refractivity contribution in [1.29, 1.82) is 0 Å². The number of benzene rings is 3. The van der Waals surface area contributed by atoms with E-state index in [1.165, 1.54) is 7.11 Å². The summed E-state index contributed by atoms with van der Waals surface area (Å²) in [5, 5.41) is 24.6. The molecule has 1 amide bonds. The Kier molecular flexibility index (Phi) is 14.6. The van der Waals surface area contributed by atoms with Crippen LogP contribution in [0.4, 0.5) is 4.79 Å². The number of carbonyl (C=O) groups is 2. The molecule has 0 spiro atoms. The van der Waals surface area contributed by atoms with E-state index in [0.717, 1.165) is 48.7 Å². The van der Waals surface area contributed by atoms with Crippen molar-refractivity contribution in [1.82, 2.24) is 4.90 Å². The van der Waals surface area contributed by atoms with Gasteiger partial charge in [-0.05, 0) is 92.0 Å². The zero-order chi connectivity index (χ0) is 41.1. The smallest absolute Gasteiger partial charge is 0.409 e. The largest absolute Gasteiger partial charge is 0.496 e. The maximum absolute atomic E-state index is 13.7. The Morgan fingerprint density at radius 2 is 1.76 bits per heavy atom. The second kappa shape index (κ2) is 20.0. The molecule has 0 unspecified atom stereocenters. The number of allylic oxidation sites excluding steroid dienone is 1. The molecule has 58 heavy (non-hydrogen) atoms. The number of hydrogen-bond acceptors (Lipinski definition) is 11. The number of hydrogen-bond donors (Lipinski definition) is 2. The number of aliphatic hydroxyl groups is 2. The molecule has 1 aliphatic heterocycles. The van der Waals surface area contributed by atoms with E-state index in [1.54, 1.807) is 43.1 Å². The third-order valence-electron chi connectivity index (χ3n) is 11.5. The molecule has 0 radical (unpaired) electrons. The quantitative estimate of drug-likeness (QED) is 0.0497. The van der Waals surface area contributed by atoms with Crippen LogP contribution in [-0.4, -0.2) is 85.6 Å². The van der Waals surface area contributed by atoms with E-state index in [0.29, 0.717) is 47.1 Å². The number of amides is 1. The van der Waals surface area contributed by atoms with Crippen LogP contribution in [0.1, 0.15) is 79.3 Å². The van der Waals surface area contributed by atoms with Crippen molar-refractivity contribution >= 4 is 18.1 Å². The second-order valence-electron chi connectivity index (χ2n) is 15.0. The molecule has 1 fully saturated rings. The maximum atomic E-state index is 13.7. The van der Waals surface area contributed by atoms with Gasteiger partial charge >= 0.3 is 6.09 Å². The fraction of sp³-hybridized carbons (Fsp3) is 0.457. The monoisotopic (exact) mass is 796 g/mol. The number of fused-ring (bicyclic) bond motifs is 2. The van der Waals surface area contributed by atoms with Crippen LogP contribution in [0.25, 0.3) is 0 Å². The Hall–Kier alpha value is -5.17. The van der Waals surface area contributed by atoms with Gasteiger partial charge in [-0.3, -0.25) is 4.79 Å². The predicted octanol–water partition coefficient (Wildman–Crippen LogP) is 8.22. The van der Waals surface area contributed by atoms with Crippen molar-refractivity contribution < 1.29 is 48.3 Å². The van der Waals surface area contributed by atoms with Crippen molar-refractivity contribution in [2.45, 2.75) is 76.2 Å². The van der Waals surface area contributed by atoms with Crippen molar-refractivity contribution in [3.05, 3.63) is 108 Å². The molecule has 1 saturated carbocycles. The second-order valence-corrected chi connectivity index (χ2v) is 15.0. The first-order valence-corrected chi connectivity index (χ1v) is 20.3. The van der Waals surface area contributed by atoms with E-state index >= 15 is 0 Å². The average molecular weight is 797 g/mol. The van der Waals surface area contributed by atoms with Gasteiger partial charge in [-0.1, -0.05) is 60.5 Å². The number of ether oxygens (including phenoxy) is 5. The maximum Gasteiger partial charge on any atom is 0.409 e. The van der Waals surface area contributed by atoms with Gasteiger partial charge in [-0.25, -0.2) is 4.79 Å². The number of aldehydes is 1. The Morgan fingerprint density at radius 3 is 2.47 bits per heavy atom. The zero-order valence-electron chi connectivity index (χ0n) is 33.7. The standard InChI is InChI=1S/C46H56N2O10/c1-5-24-55-46-42(48(3)45(52)54-6-2)28-39(47-56-30-31-14-8-7-9-15-31)37-26-32(16-10-12-22-49)36(17-11-13-23-50)43(44(37)46)38-27-35(19-21-41(38)58-46)57-34-18-20-40(53-4)33(25-34)29-51/h5,7-9,14-15,18-21,25-27,29,32,36,42-44,49-50H,1,6,10-13,16-17,22-24,28,30H2,2-4H3/t32-,36+,42-,43+,44+,46+/m0/s1. The highest BCUT2D eigenvalue weighted by Crippen LogP contribution is 2.62. The first-order chi connectivity index (χ1) is 28.3. The molecule has 0 saturated heterocycles. The summed E-state index contributed by atoms with van der Waals surface area (Å²) in [4.78, 5) is 33.2. The lowest BCUT2D eigenvalue weighted by Crippen LogP contribution is -2.69. The third kappa shape index (κ3) is 9.09. The summed E-state index contributed by atoms with van der Waals surface area (Å²) in [7, 11) is 3.21. The Bertz CT molecular complexity index is 1930. The van der Waals surface area contributed by atoms with Gasteiger partial charge < -0.3 is 43.6 Å². The Balaban J connectivity index is 1.55. The molecule has 310 valence electrons. The molecule has 3 aromatic carbocycles. The summed E-state index contributed by atoms with van der Waals surface area (Å²) in [5.74, 6) is 0.00593. The fourth-order valence-corrected chi connectivity index (χ4v) is 8.91. The topological polar surface area (TPSA) is 146 Å². The van der Waals surface area contributed by atoms with Gasteiger partial charge in [0.05, 0.1) is 37.5 Å². The zero-order valence-corrected chi connectivity index (χ0v) is 33.7. The van der Waals surface area contributed by atoms with Crippen molar-refractivity contribution in [3.63, 3.8) is 0 Å². The van der Waals surface area contributed by atoms with Crippen molar-refractivity contribution in [2.24, 2.45) is 22.9 Å². The Labute approximate surface area is 341 Å². The van der Waals surface area contributed by atoms with Gasteiger partial charge in [0, 0.05) is 38.2 Å². The first kappa shape index (κ1) is 42.4. The highest BCUT2D eigenvalue weighted by molar-refractivity contribution is 6.03. The third-order valence-corrected chi connectivity index (χ3v) is 11.5. The van der Waals surface area contributed by atoms with Crippen LogP contribution in [0.2, 0.25) is 0 Å². The minimum atomic E-state index is -1.40. The molecule has 6 rings (SSSR count). The van der Waals surface area contributed by atoms with Crippen LogP contribution in [-0.2, 0) is 20.9 Å². The van der Waals surface area contributed by atoms with Gasteiger partial charge in [0.15, 0.2) is 6.29 Å². The van der Waals surface area contributed by atoms with Gasteiger partial charge in [-0.2, -0.15) is 0 Å². The minimum absolute atomic E-state index is 0.0318. The normalized spacial score (nSPS) is 23.7. The van der Waals surface area contributed by atoms with Crippen LogP contribution in [0.15, 0.2) is 96.2 Å². The summed E-state index contributed by atoms with van der Waals surface area (Å²) >= 11 is 0. The van der Waals surface area contributed by atoms with Crippen LogP contribution < -0.4 is 14.2 Å². The Morgan fingerprint density at radius 1 is 1.02 bits per heavy atom. The van der Waals surface area contributed by atoms with Gasteiger partial charge in [0.25, 0.3) is 0 Å². The molecule has 0 bridgehead atoms. The molecule has 12 heteroatoms. The molecule has 3 aliphatic rings. The predicted molar refractivity (Wildman–Crippen MR) is 219 cm³/mol. The van der Waals surface area contributed by atoms with Crippen LogP contribution in [0, 0.1) is 17.8 Å². The van der Waals surface area contributed by atoms with E-state index in [2.05, 4.69) is 12.7 Å². The minimum Gasteiger partial charge on any atom is -0.496 e. The molecular weight excluding hydrogens is 741 g/mol. The highest BCUT2D eigenvalue weighted by Gasteiger charge is 2.65. The molecule has 0 aromatic heterocycles. The van der Waals surface area contributed by atoms with Gasteiger partial charge in [0.1, 0.15) is 35.6 Å². The molecule has 2 N–H and O–H groups in total. The lowest BCUT2D eigenvalue weighted by Gasteiger charge is -2.59. The number of methoxy groups -OCH3 is 1. The van der Waals surface area contributed by atoms with Gasteiger partial charge in [-0.15, -0.1) is 6.58 Å². The molecule has 6 atom stereocenters. The number of rotatable bonds is 20. The average Bonchev–Trinajstić information content (AvgIpc) is 3.24. The number of carbonyl (C=O) groups excluding carboxylic acids is 2. The number of nitrogens with zero attached hydrogens (tertiary/aromatic N) is 2. The van der Waals surface area contributed by atoms with Gasteiger partial charge in [0.2, 0.25) is 5.79 Å². The summed E-state index contributed by atoms with van der Waals surface area (Å²) < 4.78 is 31.4. The number of aliphatic hydroxyl groups excluding tert-OH is 2. The number of unbranched alkanes of at least 4 members (excludes halogenated alkanes) is 2. The number of oxime groups is 1. The van der Waals surface area contributed by atoms with Crippen LogP contribution in [0.5, 0.6) is 23.0 Å². The van der Waals surface area contributed by atoms with E-state index in [-0.39, 0.29) is 57.2 Å². The summed E-state index contributed by atoms with van der Waals surface area (Å²) in [5.41, 5.74) is 3.84. The fourth-order valence-electron chi connectivity index (χ4n) is 8.91. The van der Waals surface area contributed by atoms with Crippen molar-refractivity contribution in [2.75, 3.05) is 40.6 Å².